The minimum Gasteiger partial charge on any atom is -0.378 e. The van der Waals surface area contributed by atoms with Crippen LogP contribution in [0.1, 0.15) is 24.0 Å². The van der Waals surface area contributed by atoms with E-state index in [9.17, 15) is 4.79 Å². The second-order valence-corrected chi connectivity index (χ2v) is 8.93. The molecule has 0 bridgehead atoms. The lowest BCUT2D eigenvalue weighted by Crippen LogP contribution is -2.37. The van der Waals surface area contributed by atoms with Crippen LogP contribution >= 0.6 is 11.8 Å². The third kappa shape index (κ3) is 4.91. The summed E-state index contributed by atoms with van der Waals surface area (Å²) in [6.07, 6.45) is 5.38. The summed E-state index contributed by atoms with van der Waals surface area (Å²) in [5, 5.41) is 0.865. The molecule has 0 aromatic heterocycles. The second kappa shape index (κ2) is 8.87. The Labute approximate surface area is 177 Å². The number of carbonyl (C=O) groups is 1. The lowest BCUT2D eigenvalue weighted by atomic mass is 9.90. The Morgan fingerprint density at radius 2 is 1.76 bits per heavy atom. The van der Waals surface area contributed by atoms with Gasteiger partial charge >= 0.3 is 0 Å². The quantitative estimate of drug-likeness (QED) is 0.692. The van der Waals surface area contributed by atoms with E-state index in [1.807, 2.05) is 32.3 Å². The number of thioether (sulfide) groups is 1. The van der Waals surface area contributed by atoms with E-state index in [1.54, 1.807) is 0 Å². The molecule has 4 nitrogen and oxygen atoms in total. The van der Waals surface area contributed by atoms with E-state index in [1.165, 1.54) is 17.3 Å². The van der Waals surface area contributed by atoms with Crippen molar-refractivity contribution in [2.24, 2.45) is 10.9 Å². The molecule has 0 saturated carbocycles. The molecule has 5 heteroatoms. The van der Waals surface area contributed by atoms with Gasteiger partial charge in [-0.15, -0.1) is 0 Å². The summed E-state index contributed by atoms with van der Waals surface area (Å²) >= 11 is 1.51. The fourth-order valence-electron chi connectivity index (χ4n) is 3.83. The standard InChI is InChI=1S/C24H27N3OS/c1-26(2)21-10-8-19(9-11-21)17-22-23(28)25-24(29-22)27-14-12-20(13-15-27)16-18-6-4-3-5-7-18/h3-11,17,20H,12-16H2,1-2H3. The van der Waals surface area contributed by atoms with Crippen LogP contribution in [0.25, 0.3) is 6.08 Å². The Balaban J connectivity index is 1.34. The van der Waals surface area contributed by atoms with Gasteiger partial charge in [0.2, 0.25) is 0 Å². The maximum Gasteiger partial charge on any atom is 0.286 e. The zero-order valence-corrected chi connectivity index (χ0v) is 17.9. The Morgan fingerprint density at radius 1 is 1.07 bits per heavy atom. The molecule has 0 N–H and O–H groups in total. The number of hydrogen-bond donors (Lipinski definition) is 0. The van der Waals surface area contributed by atoms with Gasteiger partial charge in [0.15, 0.2) is 5.17 Å². The van der Waals surface area contributed by atoms with E-state index in [0.29, 0.717) is 10.8 Å². The summed E-state index contributed by atoms with van der Waals surface area (Å²) in [6.45, 7) is 1.95. The molecule has 2 aromatic carbocycles. The molecule has 4 rings (SSSR count). The summed E-state index contributed by atoms with van der Waals surface area (Å²) in [6, 6.07) is 18.9. The second-order valence-electron chi connectivity index (χ2n) is 7.92. The number of piperidine rings is 1. The van der Waals surface area contributed by atoms with Crippen LogP contribution in [0.4, 0.5) is 5.69 Å². The number of benzene rings is 2. The fourth-order valence-corrected chi connectivity index (χ4v) is 4.79. The topological polar surface area (TPSA) is 35.9 Å². The number of hydrogen-bond acceptors (Lipinski definition) is 4. The zero-order chi connectivity index (χ0) is 20.2. The summed E-state index contributed by atoms with van der Waals surface area (Å²) < 4.78 is 0. The molecule has 150 valence electrons. The van der Waals surface area contributed by atoms with E-state index in [4.69, 9.17) is 0 Å². The number of anilines is 1. The molecular formula is C24H27N3OS. The number of rotatable bonds is 4. The van der Waals surface area contributed by atoms with Crippen molar-refractivity contribution < 1.29 is 4.79 Å². The summed E-state index contributed by atoms with van der Waals surface area (Å²) in [5.41, 5.74) is 3.59. The average molecular weight is 406 g/mol. The van der Waals surface area contributed by atoms with Gasteiger partial charge in [-0.3, -0.25) is 4.79 Å². The van der Waals surface area contributed by atoms with Crippen molar-refractivity contribution in [2.45, 2.75) is 19.3 Å². The van der Waals surface area contributed by atoms with Crippen molar-refractivity contribution in [3.8, 4) is 0 Å². The van der Waals surface area contributed by atoms with Crippen molar-refractivity contribution in [3.05, 3.63) is 70.6 Å². The molecule has 0 atom stereocenters. The highest BCUT2D eigenvalue weighted by Gasteiger charge is 2.29. The van der Waals surface area contributed by atoms with Crippen LogP contribution in [0.2, 0.25) is 0 Å². The van der Waals surface area contributed by atoms with Gasteiger partial charge in [0.05, 0.1) is 4.91 Å². The lowest BCUT2D eigenvalue weighted by molar-refractivity contribution is -0.113. The van der Waals surface area contributed by atoms with Crippen molar-refractivity contribution in [3.63, 3.8) is 0 Å². The van der Waals surface area contributed by atoms with Crippen molar-refractivity contribution in [1.29, 1.82) is 0 Å². The Bertz CT molecular complexity index is 911. The predicted molar refractivity (Wildman–Crippen MR) is 123 cm³/mol. The Morgan fingerprint density at radius 3 is 2.41 bits per heavy atom. The van der Waals surface area contributed by atoms with Crippen molar-refractivity contribution in [2.75, 3.05) is 32.1 Å². The zero-order valence-electron chi connectivity index (χ0n) is 17.0. The van der Waals surface area contributed by atoms with Gasteiger partial charge in [-0.05, 0) is 66.3 Å². The van der Waals surface area contributed by atoms with Crippen LogP contribution in [-0.4, -0.2) is 43.2 Å². The largest absolute Gasteiger partial charge is 0.378 e. The number of nitrogens with zero attached hydrogens (tertiary/aromatic N) is 3. The molecule has 29 heavy (non-hydrogen) atoms. The normalized spacial score (nSPS) is 19.0. The first kappa shape index (κ1) is 19.8. The average Bonchev–Trinajstić information content (AvgIpc) is 3.10. The molecule has 2 heterocycles. The summed E-state index contributed by atoms with van der Waals surface area (Å²) in [7, 11) is 4.04. The van der Waals surface area contributed by atoms with Crippen LogP contribution in [0.3, 0.4) is 0 Å². The molecule has 0 aliphatic carbocycles. The number of likely N-dealkylation sites (tertiary alicyclic amines) is 1. The van der Waals surface area contributed by atoms with E-state index < -0.39 is 0 Å². The monoisotopic (exact) mass is 405 g/mol. The highest BCUT2D eigenvalue weighted by atomic mass is 32.2. The van der Waals surface area contributed by atoms with Crippen LogP contribution in [0.15, 0.2) is 64.5 Å². The van der Waals surface area contributed by atoms with Gasteiger partial charge in [0.25, 0.3) is 5.91 Å². The molecule has 0 unspecified atom stereocenters. The Hall–Kier alpha value is -2.53. The summed E-state index contributed by atoms with van der Waals surface area (Å²) in [4.78, 5) is 21.8. The number of aliphatic imine (C=N–C) groups is 1. The van der Waals surface area contributed by atoms with Gasteiger partial charge in [-0.25, -0.2) is 0 Å². The molecule has 0 radical (unpaired) electrons. The Kier molecular flexibility index (Phi) is 6.05. The molecule has 0 spiro atoms. The minimum atomic E-state index is -0.118. The maximum absolute atomic E-state index is 12.4. The molecule has 1 amide bonds. The third-order valence-electron chi connectivity index (χ3n) is 5.57. The SMILES string of the molecule is CN(C)c1ccc(C=C2SC(N3CCC(Cc4ccccc4)CC3)=NC2=O)cc1. The van der Waals surface area contributed by atoms with Crippen LogP contribution in [0, 0.1) is 5.92 Å². The van der Waals surface area contributed by atoms with E-state index >= 15 is 0 Å². The van der Waals surface area contributed by atoms with Crippen LogP contribution in [-0.2, 0) is 11.2 Å². The van der Waals surface area contributed by atoms with E-state index in [2.05, 4.69) is 57.3 Å². The lowest BCUT2D eigenvalue weighted by Gasteiger charge is -2.32. The van der Waals surface area contributed by atoms with E-state index in [-0.39, 0.29) is 5.91 Å². The first-order chi connectivity index (χ1) is 14.1. The summed E-state index contributed by atoms with van der Waals surface area (Å²) in [5.74, 6) is 0.592. The number of amides is 1. The maximum atomic E-state index is 12.4. The highest BCUT2D eigenvalue weighted by molar-refractivity contribution is 8.18. The molecule has 1 saturated heterocycles. The molecule has 2 aromatic rings. The minimum absolute atomic E-state index is 0.118. The van der Waals surface area contributed by atoms with Crippen molar-refractivity contribution in [1.82, 2.24) is 4.90 Å². The molecule has 2 aliphatic rings. The van der Waals surface area contributed by atoms with Crippen LogP contribution in [0.5, 0.6) is 0 Å². The number of carbonyl (C=O) groups excluding carboxylic acids is 1. The molecule has 1 fully saturated rings. The van der Waals surface area contributed by atoms with E-state index in [0.717, 1.165) is 48.8 Å². The third-order valence-corrected chi connectivity index (χ3v) is 6.61. The molecule has 2 aliphatic heterocycles. The number of amidine groups is 1. The highest BCUT2D eigenvalue weighted by Crippen LogP contribution is 2.33. The smallest absolute Gasteiger partial charge is 0.286 e. The fraction of sp³-hybridized carbons (Fsp3) is 0.333. The van der Waals surface area contributed by atoms with Crippen molar-refractivity contribution >= 4 is 34.6 Å². The van der Waals surface area contributed by atoms with Crippen LogP contribution < -0.4 is 4.90 Å². The van der Waals surface area contributed by atoms with Gasteiger partial charge in [0, 0.05) is 32.9 Å². The van der Waals surface area contributed by atoms with Gasteiger partial charge in [-0.1, -0.05) is 42.5 Å². The van der Waals surface area contributed by atoms with Gasteiger partial charge in [0.1, 0.15) is 0 Å². The first-order valence-corrected chi connectivity index (χ1v) is 11.0. The van der Waals surface area contributed by atoms with Gasteiger partial charge in [-0.2, -0.15) is 4.99 Å². The molecular weight excluding hydrogens is 378 g/mol. The van der Waals surface area contributed by atoms with Gasteiger partial charge < -0.3 is 9.80 Å². The predicted octanol–water partition coefficient (Wildman–Crippen LogP) is 4.68. The first-order valence-electron chi connectivity index (χ1n) is 10.2.